The van der Waals surface area contributed by atoms with Gasteiger partial charge in [0.05, 0.1) is 0 Å². The number of rotatable bonds is 0. The zero-order valence-corrected chi connectivity index (χ0v) is 4.97. The third-order valence-corrected chi connectivity index (χ3v) is 1.41. The molecule has 0 aromatic heterocycles. The van der Waals surface area contributed by atoms with E-state index in [0.717, 1.165) is 25.9 Å². The van der Waals surface area contributed by atoms with Crippen LogP contribution in [0.15, 0.2) is 0 Å². The fourth-order valence-electron chi connectivity index (χ4n) is 0.901. The lowest BCUT2D eigenvalue weighted by Gasteiger charge is -2.04. The summed E-state index contributed by atoms with van der Waals surface area (Å²) in [4.78, 5) is 0. The quantitative estimate of drug-likeness (QED) is 0.509. The molecule has 0 saturated carbocycles. The van der Waals surface area contributed by atoms with E-state index in [1.807, 2.05) is 0 Å². The van der Waals surface area contributed by atoms with E-state index in [0.29, 0.717) is 0 Å². The smallest absolute Gasteiger partial charge is 0.154 e. The van der Waals surface area contributed by atoms with Gasteiger partial charge in [-0.2, -0.15) is 0 Å². The number of aliphatic hydroxyl groups is 1. The molecule has 0 aromatic carbocycles. The second-order valence-corrected chi connectivity index (χ2v) is 2.17. The van der Waals surface area contributed by atoms with Crippen molar-refractivity contribution in [3.05, 3.63) is 0 Å². The van der Waals surface area contributed by atoms with Gasteiger partial charge in [-0.05, 0) is 19.3 Å². The van der Waals surface area contributed by atoms with Crippen LogP contribution in [-0.4, -0.2) is 18.0 Å². The zero-order chi connectivity index (χ0) is 5.82. The molecular formula is C6H12O2. The lowest BCUT2D eigenvalue weighted by molar-refractivity contribution is -0.0954. The average molecular weight is 116 g/mol. The number of ether oxygens (including phenoxy) is 1. The Balaban J connectivity index is 2.17. The summed E-state index contributed by atoms with van der Waals surface area (Å²) in [6.07, 6.45) is 3.77. The number of hydrogen-bond donors (Lipinski definition) is 1. The van der Waals surface area contributed by atoms with Crippen LogP contribution >= 0.6 is 0 Å². The summed E-state index contributed by atoms with van der Waals surface area (Å²) < 4.78 is 4.96. The van der Waals surface area contributed by atoms with Gasteiger partial charge in [0.25, 0.3) is 0 Å². The molecule has 0 bridgehead atoms. The average Bonchev–Trinajstić information content (AvgIpc) is 1.94. The van der Waals surface area contributed by atoms with Crippen LogP contribution in [-0.2, 0) is 4.74 Å². The molecule has 0 radical (unpaired) electrons. The van der Waals surface area contributed by atoms with E-state index in [2.05, 4.69) is 0 Å². The van der Waals surface area contributed by atoms with Crippen molar-refractivity contribution >= 4 is 0 Å². The van der Waals surface area contributed by atoms with E-state index in [1.165, 1.54) is 6.42 Å². The third-order valence-electron chi connectivity index (χ3n) is 1.41. The van der Waals surface area contributed by atoms with Gasteiger partial charge in [-0.3, -0.25) is 0 Å². The van der Waals surface area contributed by atoms with Crippen molar-refractivity contribution in [1.82, 2.24) is 0 Å². The minimum atomic E-state index is -0.475. The molecule has 1 fully saturated rings. The molecule has 1 rings (SSSR count). The van der Waals surface area contributed by atoms with E-state index in [1.54, 1.807) is 0 Å². The molecule has 1 atom stereocenters. The fourth-order valence-corrected chi connectivity index (χ4v) is 0.901. The van der Waals surface area contributed by atoms with Gasteiger partial charge in [-0.15, -0.1) is 0 Å². The highest BCUT2D eigenvalue weighted by molar-refractivity contribution is 4.50. The van der Waals surface area contributed by atoms with Gasteiger partial charge in [-0.25, -0.2) is 0 Å². The molecule has 2 nitrogen and oxygen atoms in total. The first kappa shape index (κ1) is 6.05. The van der Waals surface area contributed by atoms with Crippen molar-refractivity contribution in [3.63, 3.8) is 0 Å². The van der Waals surface area contributed by atoms with E-state index >= 15 is 0 Å². The van der Waals surface area contributed by atoms with Crippen molar-refractivity contribution in [2.75, 3.05) is 6.61 Å². The molecule has 0 amide bonds. The third kappa shape index (κ3) is 1.80. The zero-order valence-electron chi connectivity index (χ0n) is 4.97. The maximum Gasteiger partial charge on any atom is 0.154 e. The maximum atomic E-state index is 8.87. The SMILES string of the molecule is O[C@@H]1CCCCCO1. The predicted octanol–water partition coefficient (Wildman–Crippen LogP) is 0.895. The molecule has 48 valence electrons. The fraction of sp³-hybridized carbons (Fsp3) is 1.00. The predicted molar refractivity (Wildman–Crippen MR) is 30.4 cm³/mol. The molecule has 2 heteroatoms. The summed E-state index contributed by atoms with van der Waals surface area (Å²) in [7, 11) is 0. The van der Waals surface area contributed by atoms with Crippen LogP contribution in [0.1, 0.15) is 25.7 Å². The Bertz CT molecular complexity index is 55.5. The summed E-state index contributed by atoms with van der Waals surface area (Å²) >= 11 is 0. The first-order chi connectivity index (χ1) is 3.89. The highest BCUT2D eigenvalue weighted by atomic mass is 16.6. The Morgan fingerprint density at radius 2 is 2.12 bits per heavy atom. The van der Waals surface area contributed by atoms with Gasteiger partial charge >= 0.3 is 0 Å². The lowest BCUT2D eigenvalue weighted by atomic mass is 10.2. The van der Waals surface area contributed by atoms with Gasteiger partial charge < -0.3 is 9.84 Å². The van der Waals surface area contributed by atoms with E-state index in [4.69, 9.17) is 9.84 Å². The molecule has 1 saturated heterocycles. The Labute approximate surface area is 49.5 Å². The second kappa shape index (κ2) is 3.05. The standard InChI is InChI=1S/C6H12O2/c7-6-4-2-1-3-5-8-6/h6-7H,1-5H2/t6-/m0/s1. The van der Waals surface area contributed by atoms with Crippen LogP contribution < -0.4 is 0 Å². The molecule has 0 unspecified atom stereocenters. The van der Waals surface area contributed by atoms with Gasteiger partial charge in [0, 0.05) is 6.61 Å². The van der Waals surface area contributed by atoms with Crippen LogP contribution in [0.3, 0.4) is 0 Å². The molecular weight excluding hydrogens is 104 g/mol. The summed E-state index contributed by atoms with van der Waals surface area (Å²) in [6, 6.07) is 0. The highest BCUT2D eigenvalue weighted by Crippen LogP contribution is 2.09. The Kier molecular flexibility index (Phi) is 2.30. The van der Waals surface area contributed by atoms with Crippen molar-refractivity contribution in [1.29, 1.82) is 0 Å². The van der Waals surface area contributed by atoms with E-state index < -0.39 is 6.29 Å². The summed E-state index contributed by atoms with van der Waals surface area (Å²) in [5, 5.41) is 8.87. The molecule has 1 aliphatic heterocycles. The number of aliphatic hydroxyl groups excluding tert-OH is 1. The first-order valence-electron chi connectivity index (χ1n) is 3.19. The molecule has 1 heterocycles. The topological polar surface area (TPSA) is 29.5 Å². The normalized spacial score (nSPS) is 31.9. The molecule has 0 aromatic rings. The summed E-state index contributed by atoms with van der Waals surface area (Å²) in [6.45, 7) is 0.737. The van der Waals surface area contributed by atoms with Crippen molar-refractivity contribution in [2.24, 2.45) is 0 Å². The van der Waals surface area contributed by atoms with Crippen molar-refractivity contribution < 1.29 is 9.84 Å². The Morgan fingerprint density at radius 3 is 3.00 bits per heavy atom. The van der Waals surface area contributed by atoms with Crippen LogP contribution in [0.4, 0.5) is 0 Å². The molecule has 1 N–H and O–H groups in total. The van der Waals surface area contributed by atoms with Crippen molar-refractivity contribution in [2.45, 2.75) is 32.0 Å². The van der Waals surface area contributed by atoms with E-state index in [9.17, 15) is 0 Å². The van der Waals surface area contributed by atoms with Crippen molar-refractivity contribution in [3.8, 4) is 0 Å². The Morgan fingerprint density at radius 1 is 1.25 bits per heavy atom. The van der Waals surface area contributed by atoms with Crippen LogP contribution in [0.5, 0.6) is 0 Å². The lowest BCUT2D eigenvalue weighted by Crippen LogP contribution is -2.08. The van der Waals surface area contributed by atoms with Gasteiger partial charge in [-0.1, -0.05) is 6.42 Å². The molecule has 0 aliphatic carbocycles. The summed E-state index contributed by atoms with van der Waals surface area (Å²) in [5.41, 5.74) is 0. The molecule has 0 spiro atoms. The first-order valence-corrected chi connectivity index (χ1v) is 3.19. The number of hydrogen-bond acceptors (Lipinski definition) is 2. The van der Waals surface area contributed by atoms with Gasteiger partial charge in [0.15, 0.2) is 6.29 Å². The minimum Gasteiger partial charge on any atom is -0.368 e. The maximum absolute atomic E-state index is 8.87. The summed E-state index contributed by atoms with van der Waals surface area (Å²) in [5.74, 6) is 0. The van der Waals surface area contributed by atoms with Gasteiger partial charge in [0.2, 0.25) is 0 Å². The minimum absolute atomic E-state index is 0.475. The van der Waals surface area contributed by atoms with Crippen LogP contribution in [0.2, 0.25) is 0 Å². The van der Waals surface area contributed by atoms with Gasteiger partial charge in [0.1, 0.15) is 0 Å². The van der Waals surface area contributed by atoms with Crippen LogP contribution in [0.25, 0.3) is 0 Å². The second-order valence-electron chi connectivity index (χ2n) is 2.17. The largest absolute Gasteiger partial charge is 0.368 e. The molecule has 8 heavy (non-hydrogen) atoms. The monoisotopic (exact) mass is 116 g/mol. The Hall–Kier alpha value is -0.0800. The van der Waals surface area contributed by atoms with Crippen LogP contribution in [0, 0.1) is 0 Å². The molecule has 1 aliphatic rings. The highest BCUT2D eigenvalue weighted by Gasteiger charge is 2.06. The van der Waals surface area contributed by atoms with E-state index in [-0.39, 0.29) is 0 Å².